The third-order valence-corrected chi connectivity index (χ3v) is 3.13. The maximum atomic E-state index is 12.6. The molecule has 0 unspecified atom stereocenters. The second-order valence-corrected chi connectivity index (χ2v) is 4.57. The number of hydrogen-bond donors (Lipinski definition) is 1. The van der Waals surface area contributed by atoms with Gasteiger partial charge in [-0.15, -0.1) is 0 Å². The summed E-state index contributed by atoms with van der Waals surface area (Å²) in [7, 11) is 0. The van der Waals surface area contributed by atoms with E-state index in [-0.39, 0.29) is 5.56 Å². The molecule has 0 saturated carbocycles. The highest BCUT2D eigenvalue weighted by Crippen LogP contribution is 2.31. The summed E-state index contributed by atoms with van der Waals surface area (Å²) in [5, 5.41) is 12.0. The summed E-state index contributed by atoms with van der Waals surface area (Å²) in [4.78, 5) is 0. The number of halogens is 3. The Morgan fingerprint density at radius 1 is 1.29 bits per heavy atom. The van der Waals surface area contributed by atoms with Crippen molar-refractivity contribution >= 4 is 5.69 Å². The zero-order chi connectivity index (χ0) is 15.5. The van der Waals surface area contributed by atoms with Gasteiger partial charge < -0.3 is 9.88 Å². The average molecular weight is 293 g/mol. The fourth-order valence-corrected chi connectivity index (χ4v) is 1.96. The number of nitriles is 1. The Labute approximate surface area is 120 Å². The molecule has 2 aromatic rings. The lowest BCUT2D eigenvalue weighted by atomic mass is 10.1. The number of anilines is 1. The fourth-order valence-electron chi connectivity index (χ4n) is 1.96. The largest absolute Gasteiger partial charge is 0.416 e. The number of rotatable bonds is 4. The first-order valence-electron chi connectivity index (χ1n) is 6.44. The number of alkyl halides is 3. The van der Waals surface area contributed by atoms with Crippen molar-refractivity contribution in [3.05, 3.63) is 53.3 Å². The minimum Gasteiger partial charge on any atom is -0.380 e. The first kappa shape index (κ1) is 15.0. The van der Waals surface area contributed by atoms with Crippen LogP contribution in [0, 0.1) is 11.3 Å². The summed E-state index contributed by atoms with van der Waals surface area (Å²) in [5.74, 6) is 0. The SMILES string of the molecule is CCn1ccc(CNc2ccc(C(F)(F)F)cc2C#N)c1. The molecule has 0 saturated heterocycles. The first-order chi connectivity index (χ1) is 9.94. The van der Waals surface area contributed by atoms with E-state index in [9.17, 15) is 13.2 Å². The van der Waals surface area contributed by atoms with Crippen molar-refractivity contribution in [3.63, 3.8) is 0 Å². The second kappa shape index (κ2) is 5.92. The Morgan fingerprint density at radius 2 is 2.05 bits per heavy atom. The van der Waals surface area contributed by atoms with Crippen LogP contribution in [0.25, 0.3) is 0 Å². The van der Waals surface area contributed by atoms with Crippen molar-refractivity contribution < 1.29 is 13.2 Å². The fraction of sp³-hybridized carbons (Fsp3) is 0.267. The molecule has 0 bridgehead atoms. The van der Waals surface area contributed by atoms with E-state index >= 15 is 0 Å². The molecule has 1 aromatic heterocycles. The molecule has 0 spiro atoms. The molecule has 0 aliphatic rings. The lowest BCUT2D eigenvalue weighted by Gasteiger charge is -2.11. The van der Waals surface area contributed by atoms with E-state index in [2.05, 4.69) is 5.32 Å². The van der Waals surface area contributed by atoms with E-state index < -0.39 is 11.7 Å². The van der Waals surface area contributed by atoms with Gasteiger partial charge in [0.15, 0.2) is 0 Å². The number of nitrogens with one attached hydrogen (secondary N) is 1. The lowest BCUT2D eigenvalue weighted by molar-refractivity contribution is -0.137. The van der Waals surface area contributed by atoms with Gasteiger partial charge in [0, 0.05) is 25.5 Å². The van der Waals surface area contributed by atoms with Crippen LogP contribution in [-0.2, 0) is 19.3 Å². The van der Waals surface area contributed by atoms with Crippen LogP contribution in [0.2, 0.25) is 0 Å². The number of hydrogen-bond acceptors (Lipinski definition) is 2. The van der Waals surface area contributed by atoms with Crippen molar-refractivity contribution in [1.29, 1.82) is 5.26 Å². The topological polar surface area (TPSA) is 40.8 Å². The standard InChI is InChI=1S/C15H14F3N3/c1-2-21-6-5-11(10-21)9-20-14-4-3-13(15(16,17)18)7-12(14)8-19/h3-7,10,20H,2,9H2,1H3. The predicted octanol–water partition coefficient (Wildman–Crippen LogP) is 4.01. The quantitative estimate of drug-likeness (QED) is 0.925. The summed E-state index contributed by atoms with van der Waals surface area (Å²) in [5.41, 5.74) is 0.567. The number of benzene rings is 1. The molecule has 2 rings (SSSR count). The first-order valence-corrected chi connectivity index (χ1v) is 6.44. The summed E-state index contributed by atoms with van der Waals surface area (Å²) >= 11 is 0. The Balaban J connectivity index is 2.15. The van der Waals surface area contributed by atoms with Crippen molar-refractivity contribution in [2.24, 2.45) is 0 Å². The van der Waals surface area contributed by atoms with Gasteiger partial charge >= 0.3 is 6.18 Å². The van der Waals surface area contributed by atoms with Crippen LogP contribution in [0.15, 0.2) is 36.7 Å². The highest BCUT2D eigenvalue weighted by molar-refractivity contribution is 5.59. The summed E-state index contributed by atoms with van der Waals surface area (Å²) < 4.78 is 39.8. The van der Waals surface area contributed by atoms with Gasteiger partial charge in [0.1, 0.15) is 6.07 Å². The van der Waals surface area contributed by atoms with Gasteiger partial charge in [0.2, 0.25) is 0 Å². The minimum absolute atomic E-state index is 0.0141. The van der Waals surface area contributed by atoms with E-state index in [1.165, 1.54) is 6.07 Å². The van der Waals surface area contributed by atoms with E-state index in [0.29, 0.717) is 12.2 Å². The van der Waals surface area contributed by atoms with E-state index in [1.54, 1.807) is 6.07 Å². The van der Waals surface area contributed by atoms with Gasteiger partial charge in [0.25, 0.3) is 0 Å². The third-order valence-electron chi connectivity index (χ3n) is 3.13. The van der Waals surface area contributed by atoms with Crippen molar-refractivity contribution in [3.8, 4) is 6.07 Å². The van der Waals surface area contributed by atoms with E-state index in [4.69, 9.17) is 5.26 Å². The smallest absolute Gasteiger partial charge is 0.380 e. The molecular weight excluding hydrogens is 279 g/mol. The van der Waals surface area contributed by atoms with Crippen LogP contribution >= 0.6 is 0 Å². The normalized spacial score (nSPS) is 11.2. The zero-order valence-electron chi connectivity index (χ0n) is 11.4. The predicted molar refractivity (Wildman–Crippen MR) is 73.6 cm³/mol. The molecule has 0 aliphatic carbocycles. The average Bonchev–Trinajstić information content (AvgIpc) is 2.92. The molecule has 0 atom stereocenters. The molecule has 21 heavy (non-hydrogen) atoms. The van der Waals surface area contributed by atoms with Crippen LogP contribution in [0.5, 0.6) is 0 Å². The second-order valence-electron chi connectivity index (χ2n) is 4.57. The molecule has 3 nitrogen and oxygen atoms in total. The number of nitrogens with zero attached hydrogens (tertiary/aromatic N) is 2. The minimum atomic E-state index is -4.44. The molecule has 0 fully saturated rings. The third kappa shape index (κ3) is 3.57. The van der Waals surface area contributed by atoms with E-state index in [0.717, 1.165) is 24.2 Å². The zero-order valence-corrected chi connectivity index (χ0v) is 11.4. The maximum Gasteiger partial charge on any atom is 0.416 e. The molecule has 6 heteroatoms. The van der Waals surface area contributed by atoms with Crippen molar-refractivity contribution in [1.82, 2.24) is 4.57 Å². The summed E-state index contributed by atoms with van der Waals surface area (Å²) in [6.45, 7) is 3.32. The number of aromatic nitrogens is 1. The van der Waals surface area contributed by atoms with Gasteiger partial charge in [0.05, 0.1) is 16.8 Å². The van der Waals surface area contributed by atoms with Gasteiger partial charge in [-0.2, -0.15) is 18.4 Å². The van der Waals surface area contributed by atoms with Crippen molar-refractivity contribution in [2.75, 3.05) is 5.32 Å². The molecule has 1 heterocycles. The van der Waals surface area contributed by atoms with Crippen LogP contribution in [0.3, 0.4) is 0 Å². The Bertz CT molecular complexity index is 666. The monoisotopic (exact) mass is 293 g/mol. The Hall–Kier alpha value is -2.42. The van der Waals surface area contributed by atoms with Crippen molar-refractivity contribution in [2.45, 2.75) is 26.2 Å². The molecule has 110 valence electrons. The van der Waals surface area contributed by atoms with E-state index in [1.807, 2.05) is 30.0 Å². The molecule has 1 N–H and O–H groups in total. The van der Waals surface area contributed by atoms with Gasteiger partial charge in [-0.05, 0) is 36.8 Å². The maximum absolute atomic E-state index is 12.6. The van der Waals surface area contributed by atoms with Crippen LogP contribution in [0.1, 0.15) is 23.6 Å². The molecule has 1 aromatic carbocycles. The summed E-state index contributed by atoms with van der Waals surface area (Å²) in [6.07, 6.45) is -0.569. The molecule has 0 aliphatic heterocycles. The van der Waals surface area contributed by atoms with Crippen LogP contribution in [0.4, 0.5) is 18.9 Å². The summed E-state index contributed by atoms with van der Waals surface area (Å²) in [6, 6.07) is 6.84. The molecule has 0 radical (unpaired) electrons. The Morgan fingerprint density at radius 3 is 2.62 bits per heavy atom. The van der Waals surface area contributed by atoms with Gasteiger partial charge in [-0.3, -0.25) is 0 Å². The lowest BCUT2D eigenvalue weighted by Crippen LogP contribution is -2.07. The van der Waals surface area contributed by atoms with Crippen LogP contribution < -0.4 is 5.32 Å². The highest BCUT2D eigenvalue weighted by Gasteiger charge is 2.31. The Kier molecular flexibility index (Phi) is 4.22. The van der Waals surface area contributed by atoms with Gasteiger partial charge in [-0.25, -0.2) is 0 Å². The highest BCUT2D eigenvalue weighted by atomic mass is 19.4. The number of aryl methyl sites for hydroxylation is 1. The van der Waals surface area contributed by atoms with Crippen LogP contribution in [-0.4, -0.2) is 4.57 Å². The van der Waals surface area contributed by atoms with Gasteiger partial charge in [-0.1, -0.05) is 0 Å². The molecular formula is C15H14F3N3. The molecule has 0 amide bonds.